The highest BCUT2D eigenvalue weighted by molar-refractivity contribution is 6.07. The number of carbonyl (C=O) groups excluding carboxylic acids is 2. The Morgan fingerprint density at radius 2 is 1.92 bits per heavy atom. The molecule has 1 atom stereocenters. The Bertz CT molecular complexity index is 651. The van der Waals surface area contributed by atoms with E-state index in [2.05, 4.69) is 19.1 Å². The molecule has 0 spiro atoms. The molecular formula is C21H26O3. The van der Waals surface area contributed by atoms with E-state index in [4.69, 9.17) is 4.74 Å². The summed E-state index contributed by atoms with van der Waals surface area (Å²) < 4.78 is 5.94. The van der Waals surface area contributed by atoms with E-state index in [1.807, 2.05) is 18.2 Å². The molecule has 2 saturated carbocycles. The number of rotatable bonds is 6. The van der Waals surface area contributed by atoms with E-state index < -0.39 is 5.41 Å². The molecule has 1 aromatic carbocycles. The second-order valence-electron chi connectivity index (χ2n) is 7.30. The maximum atomic E-state index is 12.3. The molecule has 0 N–H and O–H groups in total. The Labute approximate surface area is 144 Å². The lowest BCUT2D eigenvalue weighted by Crippen LogP contribution is -2.35. The zero-order valence-corrected chi connectivity index (χ0v) is 14.6. The van der Waals surface area contributed by atoms with Gasteiger partial charge in [0.2, 0.25) is 0 Å². The third kappa shape index (κ3) is 3.36. The fourth-order valence-corrected chi connectivity index (χ4v) is 3.94. The van der Waals surface area contributed by atoms with Gasteiger partial charge in [-0.1, -0.05) is 41.5 Å². The topological polar surface area (TPSA) is 43.4 Å². The standard InChI is InChI=1S/C21H26O3/c1-15(13-21(16(2)22)10-6-9-20(21)23)18-11-19(12-18)24-14-17-7-4-3-5-8-17/h3-5,7-8,19H,6,9-14H2,1-2H3. The summed E-state index contributed by atoms with van der Waals surface area (Å²) in [6, 6.07) is 10.2. The van der Waals surface area contributed by atoms with Gasteiger partial charge < -0.3 is 4.74 Å². The van der Waals surface area contributed by atoms with Gasteiger partial charge in [0.1, 0.15) is 11.6 Å². The first-order valence-electron chi connectivity index (χ1n) is 8.88. The van der Waals surface area contributed by atoms with E-state index in [9.17, 15) is 9.59 Å². The van der Waals surface area contributed by atoms with Gasteiger partial charge in [0.25, 0.3) is 0 Å². The Kier molecular flexibility index (Phi) is 5.00. The fraction of sp³-hybridized carbons (Fsp3) is 0.524. The van der Waals surface area contributed by atoms with Crippen molar-refractivity contribution >= 4 is 11.6 Å². The van der Waals surface area contributed by atoms with Gasteiger partial charge in [0.15, 0.2) is 0 Å². The van der Waals surface area contributed by atoms with Crippen molar-refractivity contribution in [1.82, 2.24) is 0 Å². The van der Waals surface area contributed by atoms with Crippen LogP contribution in [-0.2, 0) is 20.9 Å². The quantitative estimate of drug-likeness (QED) is 0.575. The number of Topliss-reactive ketones (excluding diaryl/α,β-unsaturated/α-hetero) is 2. The van der Waals surface area contributed by atoms with E-state index in [1.165, 1.54) is 16.7 Å². The van der Waals surface area contributed by atoms with Crippen LogP contribution in [0.3, 0.4) is 0 Å². The lowest BCUT2D eigenvalue weighted by Gasteiger charge is -2.33. The Morgan fingerprint density at radius 3 is 2.50 bits per heavy atom. The summed E-state index contributed by atoms with van der Waals surface area (Å²) in [7, 11) is 0. The van der Waals surface area contributed by atoms with Crippen molar-refractivity contribution in [3.8, 4) is 0 Å². The maximum absolute atomic E-state index is 12.3. The van der Waals surface area contributed by atoms with Crippen molar-refractivity contribution < 1.29 is 14.3 Å². The molecule has 0 bridgehead atoms. The van der Waals surface area contributed by atoms with E-state index >= 15 is 0 Å². The van der Waals surface area contributed by atoms with Crippen LogP contribution >= 0.6 is 0 Å². The van der Waals surface area contributed by atoms with Gasteiger partial charge in [0, 0.05) is 6.42 Å². The second kappa shape index (κ2) is 7.02. The Morgan fingerprint density at radius 1 is 1.21 bits per heavy atom. The first-order chi connectivity index (χ1) is 11.5. The molecule has 3 rings (SSSR count). The van der Waals surface area contributed by atoms with Crippen LogP contribution in [0.2, 0.25) is 0 Å². The van der Waals surface area contributed by atoms with E-state index in [-0.39, 0.29) is 17.7 Å². The Balaban J connectivity index is 1.55. The van der Waals surface area contributed by atoms with Crippen LogP contribution in [0.5, 0.6) is 0 Å². The summed E-state index contributed by atoms with van der Waals surface area (Å²) in [4.78, 5) is 24.4. The Hall–Kier alpha value is -1.74. The molecular weight excluding hydrogens is 300 g/mol. The molecule has 3 nitrogen and oxygen atoms in total. The summed E-state index contributed by atoms with van der Waals surface area (Å²) in [6.45, 7) is 4.31. The third-order valence-corrected chi connectivity index (χ3v) is 5.66. The molecule has 128 valence electrons. The summed E-state index contributed by atoms with van der Waals surface area (Å²) in [5.41, 5.74) is 3.06. The average Bonchev–Trinajstić information content (AvgIpc) is 2.89. The minimum absolute atomic E-state index is 0.0427. The summed E-state index contributed by atoms with van der Waals surface area (Å²) in [5, 5.41) is 0. The predicted octanol–water partition coefficient (Wildman–Crippen LogP) is 4.40. The van der Waals surface area contributed by atoms with Crippen LogP contribution in [0, 0.1) is 5.41 Å². The molecule has 24 heavy (non-hydrogen) atoms. The molecule has 2 aliphatic carbocycles. The molecule has 0 aliphatic heterocycles. The molecule has 2 fully saturated rings. The summed E-state index contributed by atoms with van der Waals surface area (Å²) in [6.07, 6.45) is 4.88. The van der Waals surface area contributed by atoms with E-state index in [0.29, 0.717) is 19.4 Å². The lowest BCUT2D eigenvalue weighted by atomic mass is 9.73. The largest absolute Gasteiger partial charge is 0.373 e. The summed E-state index contributed by atoms with van der Waals surface area (Å²) in [5.74, 6) is 0.187. The number of carbonyl (C=O) groups is 2. The van der Waals surface area contributed by atoms with Gasteiger partial charge in [0.05, 0.1) is 18.1 Å². The van der Waals surface area contributed by atoms with Crippen molar-refractivity contribution in [1.29, 1.82) is 0 Å². The SMILES string of the molecule is CC(=O)C1(CC(C)=C2CC(OCc3ccccc3)C2)CCCC1=O. The van der Waals surface area contributed by atoms with Gasteiger partial charge in [-0.25, -0.2) is 0 Å². The van der Waals surface area contributed by atoms with Gasteiger partial charge >= 0.3 is 0 Å². The highest BCUT2D eigenvalue weighted by Gasteiger charge is 2.46. The van der Waals surface area contributed by atoms with Crippen LogP contribution in [0.15, 0.2) is 41.5 Å². The number of benzene rings is 1. The molecule has 2 aliphatic rings. The van der Waals surface area contributed by atoms with Gasteiger partial charge in [-0.3, -0.25) is 9.59 Å². The number of ether oxygens (including phenoxy) is 1. The first kappa shape index (κ1) is 17.1. The molecule has 0 radical (unpaired) electrons. The van der Waals surface area contributed by atoms with Gasteiger partial charge in [-0.2, -0.15) is 0 Å². The molecule has 1 aromatic rings. The van der Waals surface area contributed by atoms with E-state index in [0.717, 1.165) is 25.7 Å². The monoisotopic (exact) mass is 326 g/mol. The predicted molar refractivity (Wildman–Crippen MR) is 93.5 cm³/mol. The molecule has 0 amide bonds. The van der Waals surface area contributed by atoms with Crippen LogP contribution < -0.4 is 0 Å². The second-order valence-corrected chi connectivity index (χ2v) is 7.30. The normalized spacial score (nSPS) is 26.3. The number of allylic oxidation sites excluding steroid dienone is 1. The number of hydrogen-bond acceptors (Lipinski definition) is 3. The smallest absolute Gasteiger partial charge is 0.146 e. The van der Waals surface area contributed by atoms with Crippen molar-refractivity contribution in [2.45, 2.75) is 65.1 Å². The van der Waals surface area contributed by atoms with Gasteiger partial charge in [-0.15, -0.1) is 0 Å². The zero-order valence-electron chi connectivity index (χ0n) is 14.6. The maximum Gasteiger partial charge on any atom is 0.146 e. The van der Waals surface area contributed by atoms with Crippen molar-refractivity contribution in [2.75, 3.05) is 0 Å². The summed E-state index contributed by atoms with van der Waals surface area (Å²) >= 11 is 0. The zero-order chi connectivity index (χ0) is 17.2. The highest BCUT2D eigenvalue weighted by atomic mass is 16.5. The van der Waals surface area contributed by atoms with Crippen molar-refractivity contribution in [3.05, 3.63) is 47.0 Å². The number of hydrogen-bond donors (Lipinski definition) is 0. The van der Waals surface area contributed by atoms with Crippen LogP contribution in [0.1, 0.15) is 57.9 Å². The molecule has 1 unspecified atom stereocenters. The fourth-order valence-electron chi connectivity index (χ4n) is 3.94. The average molecular weight is 326 g/mol. The molecule has 3 heteroatoms. The van der Waals surface area contributed by atoms with Crippen LogP contribution in [0.4, 0.5) is 0 Å². The van der Waals surface area contributed by atoms with Gasteiger partial charge in [-0.05, 0) is 51.5 Å². The third-order valence-electron chi connectivity index (χ3n) is 5.66. The minimum Gasteiger partial charge on any atom is -0.373 e. The molecule has 0 heterocycles. The molecule has 0 aromatic heterocycles. The van der Waals surface area contributed by atoms with Crippen molar-refractivity contribution in [3.63, 3.8) is 0 Å². The van der Waals surface area contributed by atoms with Crippen LogP contribution in [0.25, 0.3) is 0 Å². The number of ketones is 2. The highest BCUT2D eigenvalue weighted by Crippen LogP contribution is 2.44. The van der Waals surface area contributed by atoms with E-state index in [1.54, 1.807) is 6.92 Å². The first-order valence-corrected chi connectivity index (χ1v) is 8.88. The molecule has 0 saturated heterocycles. The van der Waals surface area contributed by atoms with Crippen molar-refractivity contribution in [2.24, 2.45) is 5.41 Å². The van der Waals surface area contributed by atoms with Crippen LogP contribution in [-0.4, -0.2) is 17.7 Å². The lowest BCUT2D eigenvalue weighted by molar-refractivity contribution is -0.137. The minimum atomic E-state index is -0.729.